The van der Waals surface area contributed by atoms with Crippen LogP contribution in [0.25, 0.3) is 0 Å². The zero-order valence-electron chi connectivity index (χ0n) is 4.82. The largest absolute Gasteiger partial charge is 0.388 e. The second kappa shape index (κ2) is 2.62. The first kappa shape index (κ1) is 6.95. The third-order valence-corrected chi connectivity index (χ3v) is 1.24. The van der Waals surface area contributed by atoms with E-state index in [0.717, 1.165) is 0 Å². The molecule has 0 bridgehead atoms. The summed E-state index contributed by atoms with van der Waals surface area (Å²) in [6, 6.07) is 0. The summed E-state index contributed by atoms with van der Waals surface area (Å²) in [5.74, 6) is 0. The highest BCUT2D eigenvalue weighted by atomic mass is 16.5. The minimum atomic E-state index is -1.13. The van der Waals surface area contributed by atoms with Gasteiger partial charge in [0, 0.05) is 0 Å². The summed E-state index contributed by atoms with van der Waals surface area (Å²) >= 11 is 0. The molecule has 1 rings (SSSR count). The lowest BCUT2D eigenvalue weighted by Crippen LogP contribution is -2.42. The van der Waals surface area contributed by atoms with Crippen molar-refractivity contribution in [3.63, 3.8) is 0 Å². The predicted octanol–water partition coefficient (Wildman–Crippen LogP) is -1.36. The Labute approximate surface area is 52.7 Å². The Morgan fingerprint density at radius 3 is 2.56 bits per heavy atom. The van der Waals surface area contributed by atoms with Crippen molar-refractivity contribution < 1.29 is 20.1 Å². The third kappa shape index (κ3) is 1.40. The van der Waals surface area contributed by atoms with E-state index in [1.54, 1.807) is 0 Å². The van der Waals surface area contributed by atoms with Crippen LogP contribution in [0.2, 0.25) is 0 Å². The van der Waals surface area contributed by atoms with Gasteiger partial charge in [0.05, 0.1) is 13.2 Å². The molecule has 0 amide bonds. The number of hydrogen-bond acceptors (Lipinski definition) is 4. The molecule has 1 aliphatic heterocycles. The maximum Gasteiger partial charge on any atom is 0.150 e. The molecule has 9 heavy (non-hydrogen) atoms. The van der Waals surface area contributed by atoms with E-state index in [4.69, 9.17) is 15.3 Å². The standard InChI is InChI=1S/C5H9O4/c6-3-1-9-2-4(7)5(3)8/h3,5-8H,1-2H2/t3-,5-/m1/s1. The van der Waals surface area contributed by atoms with Gasteiger partial charge in [-0.3, -0.25) is 0 Å². The molecular formula is C5H9O4. The van der Waals surface area contributed by atoms with Crippen LogP contribution in [0.15, 0.2) is 0 Å². The third-order valence-electron chi connectivity index (χ3n) is 1.24. The fourth-order valence-corrected chi connectivity index (χ4v) is 0.683. The van der Waals surface area contributed by atoms with Gasteiger partial charge in [-0.05, 0) is 0 Å². The number of rotatable bonds is 0. The van der Waals surface area contributed by atoms with E-state index in [2.05, 4.69) is 4.74 Å². The van der Waals surface area contributed by atoms with Crippen LogP contribution < -0.4 is 0 Å². The van der Waals surface area contributed by atoms with Gasteiger partial charge in [0.2, 0.25) is 0 Å². The maximum atomic E-state index is 8.83. The molecule has 1 fully saturated rings. The Balaban J connectivity index is 2.41. The van der Waals surface area contributed by atoms with E-state index in [9.17, 15) is 0 Å². The average molecular weight is 133 g/mol. The van der Waals surface area contributed by atoms with Crippen molar-refractivity contribution in [1.29, 1.82) is 0 Å². The van der Waals surface area contributed by atoms with Gasteiger partial charge >= 0.3 is 0 Å². The molecule has 2 atom stereocenters. The van der Waals surface area contributed by atoms with Gasteiger partial charge in [-0.2, -0.15) is 0 Å². The molecule has 1 aliphatic rings. The highest BCUT2D eigenvalue weighted by molar-refractivity contribution is 4.92. The van der Waals surface area contributed by atoms with E-state index in [0.29, 0.717) is 0 Å². The number of aliphatic hydroxyl groups excluding tert-OH is 3. The molecular weight excluding hydrogens is 124 g/mol. The number of hydrogen-bond donors (Lipinski definition) is 3. The van der Waals surface area contributed by atoms with Crippen LogP contribution in [0, 0.1) is 6.10 Å². The lowest BCUT2D eigenvalue weighted by molar-refractivity contribution is -0.106. The lowest BCUT2D eigenvalue weighted by atomic mass is 10.1. The second-order valence-electron chi connectivity index (χ2n) is 2.02. The normalized spacial score (nSPS) is 39.0. The summed E-state index contributed by atoms with van der Waals surface area (Å²) in [5.41, 5.74) is 0. The fourth-order valence-electron chi connectivity index (χ4n) is 0.683. The van der Waals surface area contributed by atoms with Crippen LogP contribution in [-0.4, -0.2) is 40.7 Å². The van der Waals surface area contributed by atoms with Crippen molar-refractivity contribution in [3.8, 4) is 0 Å². The summed E-state index contributed by atoms with van der Waals surface area (Å²) in [5, 5.41) is 26.4. The van der Waals surface area contributed by atoms with Crippen LogP contribution in [0.4, 0.5) is 0 Å². The Bertz CT molecular complexity index is 85.0. The van der Waals surface area contributed by atoms with Gasteiger partial charge < -0.3 is 20.1 Å². The Kier molecular flexibility index (Phi) is 2.02. The molecule has 4 heteroatoms. The molecule has 0 spiro atoms. The molecule has 0 unspecified atom stereocenters. The summed E-state index contributed by atoms with van der Waals surface area (Å²) in [4.78, 5) is 0. The van der Waals surface area contributed by atoms with E-state index in [1.165, 1.54) is 0 Å². The first-order chi connectivity index (χ1) is 4.22. The monoisotopic (exact) mass is 133 g/mol. The van der Waals surface area contributed by atoms with Crippen molar-refractivity contribution in [1.82, 2.24) is 0 Å². The van der Waals surface area contributed by atoms with Crippen LogP contribution in [0.1, 0.15) is 0 Å². The molecule has 0 aliphatic carbocycles. The molecule has 0 aromatic carbocycles. The Morgan fingerprint density at radius 2 is 2.11 bits per heavy atom. The maximum absolute atomic E-state index is 8.83. The number of aliphatic hydroxyl groups is 3. The Morgan fingerprint density at radius 1 is 1.44 bits per heavy atom. The van der Waals surface area contributed by atoms with E-state index in [-0.39, 0.29) is 19.3 Å². The molecule has 1 heterocycles. The second-order valence-corrected chi connectivity index (χ2v) is 2.02. The fraction of sp³-hybridized carbons (Fsp3) is 0.800. The van der Waals surface area contributed by atoms with Crippen molar-refractivity contribution in [2.24, 2.45) is 0 Å². The van der Waals surface area contributed by atoms with Crippen LogP contribution in [0.3, 0.4) is 0 Å². The van der Waals surface area contributed by atoms with Crippen molar-refractivity contribution in [2.45, 2.75) is 12.2 Å². The molecule has 4 nitrogen and oxygen atoms in total. The van der Waals surface area contributed by atoms with Gasteiger partial charge in [0.15, 0.2) is 0 Å². The highest BCUT2D eigenvalue weighted by Gasteiger charge is 2.30. The average Bonchev–Trinajstić information content (AvgIpc) is 1.83. The van der Waals surface area contributed by atoms with Crippen LogP contribution >= 0.6 is 0 Å². The highest BCUT2D eigenvalue weighted by Crippen LogP contribution is 2.13. The van der Waals surface area contributed by atoms with Crippen molar-refractivity contribution in [2.75, 3.05) is 13.2 Å². The minimum absolute atomic E-state index is 0.0260. The molecule has 1 radical (unpaired) electrons. The molecule has 0 saturated carbocycles. The van der Waals surface area contributed by atoms with Crippen LogP contribution in [0.5, 0.6) is 0 Å². The van der Waals surface area contributed by atoms with Gasteiger partial charge in [-0.15, -0.1) is 0 Å². The molecule has 1 saturated heterocycles. The molecule has 3 N–H and O–H groups in total. The molecule has 0 aromatic heterocycles. The smallest absolute Gasteiger partial charge is 0.150 e. The van der Waals surface area contributed by atoms with E-state index >= 15 is 0 Å². The number of ether oxygens (including phenoxy) is 1. The summed E-state index contributed by atoms with van der Waals surface area (Å²) < 4.78 is 4.67. The van der Waals surface area contributed by atoms with Gasteiger partial charge in [-0.1, -0.05) is 0 Å². The topological polar surface area (TPSA) is 69.9 Å². The SMILES string of the molecule is O[C]1COC[C@@H](O)[C@H]1O. The lowest BCUT2D eigenvalue weighted by Gasteiger charge is -2.26. The Hall–Kier alpha value is -0.160. The first-order valence-electron chi connectivity index (χ1n) is 2.70. The zero-order valence-corrected chi connectivity index (χ0v) is 4.82. The summed E-state index contributed by atoms with van der Waals surface area (Å²) in [7, 11) is 0. The minimum Gasteiger partial charge on any atom is -0.388 e. The molecule has 0 aromatic rings. The van der Waals surface area contributed by atoms with E-state index in [1.807, 2.05) is 0 Å². The molecule has 53 valence electrons. The van der Waals surface area contributed by atoms with E-state index < -0.39 is 12.2 Å². The quantitative estimate of drug-likeness (QED) is 0.382. The summed E-state index contributed by atoms with van der Waals surface area (Å²) in [6.07, 6.45) is -2.30. The van der Waals surface area contributed by atoms with Gasteiger partial charge in [-0.25, -0.2) is 0 Å². The summed E-state index contributed by atoms with van der Waals surface area (Å²) in [6.45, 7) is 0.115. The van der Waals surface area contributed by atoms with Crippen molar-refractivity contribution >= 4 is 0 Å². The van der Waals surface area contributed by atoms with Crippen molar-refractivity contribution in [3.05, 3.63) is 6.10 Å². The zero-order chi connectivity index (χ0) is 6.85. The van der Waals surface area contributed by atoms with Gasteiger partial charge in [0.1, 0.15) is 18.3 Å². The van der Waals surface area contributed by atoms with Crippen LogP contribution in [-0.2, 0) is 4.74 Å². The van der Waals surface area contributed by atoms with Gasteiger partial charge in [0.25, 0.3) is 0 Å². The first-order valence-corrected chi connectivity index (χ1v) is 2.70. The predicted molar refractivity (Wildman–Crippen MR) is 28.0 cm³/mol.